The van der Waals surface area contributed by atoms with Gasteiger partial charge in [-0.25, -0.2) is 0 Å². The van der Waals surface area contributed by atoms with Gasteiger partial charge in [-0.15, -0.1) is 11.3 Å². The molecule has 0 unspecified atom stereocenters. The zero-order valence-corrected chi connectivity index (χ0v) is 8.62. The fourth-order valence-corrected chi connectivity index (χ4v) is 2.15. The van der Waals surface area contributed by atoms with E-state index in [9.17, 15) is 4.79 Å². The Morgan fingerprint density at radius 1 is 1.69 bits per heavy atom. The highest BCUT2D eigenvalue weighted by atomic mass is 35.5. The molecule has 70 valence electrons. The summed E-state index contributed by atoms with van der Waals surface area (Å²) >= 11 is 7.20. The molecule has 1 saturated carbocycles. The molecule has 0 atom stereocenters. The summed E-state index contributed by atoms with van der Waals surface area (Å²) in [6.45, 7) is 0.799. The van der Waals surface area contributed by atoms with E-state index in [1.807, 2.05) is 5.38 Å². The van der Waals surface area contributed by atoms with Crippen LogP contribution in [-0.2, 0) is 0 Å². The van der Waals surface area contributed by atoms with Crippen LogP contribution in [0.3, 0.4) is 0 Å². The number of carbonyl (C=O) groups excluding carboxylic acids is 1. The number of carbonyl (C=O) groups is 1. The summed E-state index contributed by atoms with van der Waals surface area (Å²) in [6, 6.07) is 1.75. The molecule has 1 fully saturated rings. The lowest BCUT2D eigenvalue weighted by Crippen LogP contribution is -2.24. The number of thiophene rings is 1. The smallest absolute Gasteiger partial charge is 0.262 e. The van der Waals surface area contributed by atoms with Crippen molar-refractivity contribution >= 4 is 28.8 Å². The lowest BCUT2D eigenvalue weighted by molar-refractivity contribution is 0.0956. The minimum atomic E-state index is -0.0353. The molecule has 0 saturated heterocycles. The summed E-state index contributed by atoms with van der Waals surface area (Å²) in [5.41, 5.74) is 0. The molecule has 0 aliphatic heterocycles. The van der Waals surface area contributed by atoms with Crippen LogP contribution in [0.15, 0.2) is 11.4 Å². The molecular formula is C9H10ClNOS. The Morgan fingerprint density at radius 2 is 2.46 bits per heavy atom. The highest BCUT2D eigenvalue weighted by Gasteiger charge is 2.22. The summed E-state index contributed by atoms with van der Waals surface area (Å²) in [4.78, 5) is 12.1. The normalized spacial score (nSPS) is 15.8. The Balaban J connectivity index is 1.92. The first-order valence-corrected chi connectivity index (χ1v) is 5.54. The fraction of sp³-hybridized carbons (Fsp3) is 0.444. The third kappa shape index (κ3) is 2.23. The lowest BCUT2D eigenvalue weighted by atomic mass is 10.4. The van der Waals surface area contributed by atoms with Crippen LogP contribution in [-0.4, -0.2) is 12.5 Å². The van der Waals surface area contributed by atoms with Crippen molar-refractivity contribution in [3.8, 4) is 0 Å². The monoisotopic (exact) mass is 215 g/mol. The highest BCUT2D eigenvalue weighted by Crippen LogP contribution is 2.28. The van der Waals surface area contributed by atoms with Gasteiger partial charge in [0.05, 0.1) is 5.02 Å². The highest BCUT2D eigenvalue weighted by molar-refractivity contribution is 7.12. The van der Waals surface area contributed by atoms with E-state index in [0.717, 1.165) is 6.54 Å². The summed E-state index contributed by atoms with van der Waals surface area (Å²) in [6.07, 6.45) is 2.50. The average Bonchev–Trinajstić information content (AvgIpc) is 2.84. The molecule has 1 aromatic rings. The first-order chi connectivity index (χ1) is 6.27. The first kappa shape index (κ1) is 9.03. The van der Waals surface area contributed by atoms with Gasteiger partial charge in [0, 0.05) is 6.54 Å². The summed E-state index contributed by atoms with van der Waals surface area (Å²) in [7, 11) is 0. The zero-order chi connectivity index (χ0) is 9.26. The van der Waals surface area contributed by atoms with Crippen LogP contribution in [0.5, 0.6) is 0 Å². The number of rotatable bonds is 3. The number of hydrogen-bond acceptors (Lipinski definition) is 2. The van der Waals surface area contributed by atoms with Gasteiger partial charge >= 0.3 is 0 Å². The molecule has 1 aliphatic rings. The lowest BCUT2D eigenvalue weighted by Gasteiger charge is -2.01. The Bertz CT molecular complexity index is 319. The van der Waals surface area contributed by atoms with Gasteiger partial charge in [-0.3, -0.25) is 4.79 Å². The van der Waals surface area contributed by atoms with Crippen LogP contribution >= 0.6 is 22.9 Å². The van der Waals surface area contributed by atoms with Crippen LogP contribution in [0, 0.1) is 5.92 Å². The van der Waals surface area contributed by atoms with Crippen molar-refractivity contribution in [2.24, 2.45) is 5.92 Å². The largest absolute Gasteiger partial charge is 0.351 e. The van der Waals surface area contributed by atoms with E-state index >= 15 is 0 Å². The quantitative estimate of drug-likeness (QED) is 0.825. The van der Waals surface area contributed by atoms with E-state index in [1.54, 1.807) is 6.07 Å². The molecule has 1 amide bonds. The molecule has 4 heteroatoms. The van der Waals surface area contributed by atoms with Crippen molar-refractivity contribution < 1.29 is 4.79 Å². The van der Waals surface area contributed by atoms with Crippen LogP contribution in [0.25, 0.3) is 0 Å². The van der Waals surface area contributed by atoms with Crippen LogP contribution < -0.4 is 5.32 Å². The van der Waals surface area contributed by atoms with Crippen molar-refractivity contribution in [2.75, 3.05) is 6.54 Å². The van der Waals surface area contributed by atoms with E-state index in [1.165, 1.54) is 24.2 Å². The van der Waals surface area contributed by atoms with Crippen molar-refractivity contribution in [2.45, 2.75) is 12.8 Å². The number of halogens is 1. The molecule has 1 aromatic heterocycles. The van der Waals surface area contributed by atoms with Gasteiger partial charge in [-0.2, -0.15) is 0 Å². The van der Waals surface area contributed by atoms with Crippen molar-refractivity contribution in [1.29, 1.82) is 0 Å². The van der Waals surface area contributed by atoms with E-state index < -0.39 is 0 Å². The molecule has 0 spiro atoms. The van der Waals surface area contributed by atoms with Crippen molar-refractivity contribution in [1.82, 2.24) is 5.32 Å². The van der Waals surface area contributed by atoms with Gasteiger partial charge in [0.25, 0.3) is 5.91 Å². The molecule has 2 rings (SSSR count). The Labute approximate surface area is 85.9 Å². The molecule has 13 heavy (non-hydrogen) atoms. The molecule has 1 heterocycles. The van der Waals surface area contributed by atoms with Crippen molar-refractivity contribution in [3.05, 3.63) is 21.3 Å². The van der Waals surface area contributed by atoms with E-state index in [0.29, 0.717) is 15.8 Å². The third-order valence-corrected chi connectivity index (χ3v) is 3.41. The molecular weight excluding hydrogens is 206 g/mol. The van der Waals surface area contributed by atoms with E-state index in [4.69, 9.17) is 11.6 Å². The van der Waals surface area contributed by atoms with Crippen LogP contribution in [0.2, 0.25) is 5.02 Å². The maximum atomic E-state index is 11.5. The number of nitrogens with one attached hydrogen (secondary N) is 1. The van der Waals surface area contributed by atoms with Crippen LogP contribution in [0.1, 0.15) is 22.5 Å². The number of amides is 1. The molecule has 0 aromatic carbocycles. The van der Waals surface area contributed by atoms with Gasteiger partial charge < -0.3 is 5.32 Å². The molecule has 1 N–H and O–H groups in total. The SMILES string of the molecule is O=C(NCC1CC1)c1sccc1Cl. The maximum Gasteiger partial charge on any atom is 0.262 e. The Hall–Kier alpha value is -0.540. The van der Waals surface area contributed by atoms with Crippen molar-refractivity contribution in [3.63, 3.8) is 0 Å². The summed E-state index contributed by atoms with van der Waals surface area (Å²) in [5.74, 6) is 0.676. The number of hydrogen-bond donors (Lipinski definition) is 1. The van der Waals surface area contributed by atoms with E-state index in [-0.39, 0.29) is 5.91 Å². The zero-order valence-electron chi connectivity index (χ0n) is 7.05. The van der Waals surface area contributed by atoms with Gasteiger partial charge in [-0.1, -0.05) is 11.6 Å². The molecule has 2 nitrogen and oxygen atoms in total. The summed E-state index contributed by atoms with van der Waals surface area (Å²) < 4.78 is 0. The van der Waals surface area contributed by atoms with Gasteiger partial charge in [0.2, 0.25) is 0 Å². The van der Waals surface area contributed by atoms with E-state index in [2.05, 4.69) is 5.32 Å². The second kappa shape index (κ2) is 3.68. The minimum Gasteiger partial charge on any atom is -0.351 e. The third-order valence-electron chi connectivity index (χ3n) is 2.07. The van der Waals surface area contributed by atoms with Gasteiger partial charge in [0.15, 0.2) is 0 Å². The molecule has 1 aliphatic carbocycles. The Morgan fingerprint density at radius 3 is 3.00 bits per heavy atom. The standard InChI is InChI=1S/C9H10ClNOS/c10-7-3-4-13-8(7)9(12)11-5-6-1-2-6/h3-4,6H,1-2,5H2,(H,11,12). The maximum absolute atomic E-state index is 11.5. The van der Waals surface area contributed by atoms with Crippen LogP contribution in [0.4, 0.5) is 0 Å². The topological polar surface area (TPSA) is 29.1 Å². The predicted octanol–water partition coefficient (Wildman–Crippen LogP) is 2.54. The fourth-order valence-electron chi connectivity index (χ4n) is 1.10. The molecule has 0 bridgehead atoms. The summed E-state index contributed by atoms with van der Waals surface area (Å²) in [5, 5.41) is 5.26. The molecule has 0 radical (unpaired) electrons. The minimum absolute atomic E-state index is 0.0353. The average molecular weight is 216 g/mol. The second-order valence-corrected chi connectivity index (χ2v) is 4.57. The second-order valence-electron chi connectivity index (χ2n) is 3.25. The van der Waals surface area contributed by atoms with Gasteiger partial charge in [0.1, 0.15) is 4.88 Å². The predicted molar refractivity (Wildman–Crippen MR) is 54.4 cm³/mol. The first-order valence-electron chi connectivity index (χ1n) is 4.28. The van der Waals surface area contributed by atoms with Gasteiger partial charge in [-0.05, 0) is 30.2 Å². The Kier molecular flexibility index (Phi) is 2.56.